The van der Waals surface area contributed by atoms with Gasteiger partial charge in [-0.2, -0.15) is 0 Å². The minimum absolute atomic E-state index is 0. The van der Waals surface area contributed by atoms with Crippen molar-refractivity contribution < 1.29 is 32.7 Å². The molecule has 0 atom stereocenters. The molecule has 67 valence electrons. The van der Waals surface area contributed by atoms with Crippen LogP contribution in [-0.4, -0.2) is 0 Å². The van der Waals surface area contributed by atoms with E-state index in [1.165, 1.54) is 32.1 Å². The van der Waals surface area contributed by atoms with Gasteiger partial charge in [0.05, 0.1) is 0 Å². The summed E-state index contributed by atoms with van der Waals surface area (Å²) >= 11 is 0. The molecule has 0 aromatic heterocycles. The van der Waals surface area contributed by atoms with Gasteiger partial charge in [0.25, 0.3) is 0 Å². The van der Waals surface area contributed by atoms with Gasteiger partial charge in [-0.3, -0.25) is 0 Å². The molecule has 1 aliphatic rings. The van der Waals surface area contributed by atoms with Crippen molar-refractivity contribution in [1.29, 1.82) is 0 Å². The van der Waals surface area contributed by atoms with E-state index < -0.39 is 0 Å². The standard InChI is InChI=1S/C7H14.C2H6.CH3.Y/c1-7-5-3-2-4-6-7;1-2;;/h7H,2-6H2,1H3;1-2H3;1H3;/q;;-1;. The Labute approximate surface area is 98.4 Å². The van der Waals surface area contributed by atoms with E-state index >= 15 is 0 Å². The van der Waals surface area contributed by atoms with E-state index in [0.717, 1.165) is 5.92 Å². The third-order valence-electron chi connectivity index (χ3n) is 1.89. The van der Waals surface area contributed by atoms with Gasteiger partial charge in [0.2, 0.25) is 0 Å². The second kappa shape index (κ2) is 13.7. The van der Waals surface area contributed by atoms with Crippen molar-refractivity contribution in [1.82, 2.24) is 0 Å². The Balaban J connectivity index is -0.000000149. The average molecular weight is 232 g/mol. The zero-order valence-corrected chi connectivity index (χ0v) is 11.5. The molecule has 0 nitrogen and oxygen atoms in total. The molecule has 0 spiro atoms. The monoisotopic (exact) mass is 232 g/mol. The van der Waals surface area contributed by atoms with Crippen LogP contribution in [0.4, 0.5) is 0 Å². The summed E-state index contributed by atoms with van der Waals surface area (Å²) < 4.78 is 0. The first-order valence-electron chi connectivity index (χ1n) is 4.39. The van der Waals surface area contributed by atoms with E-state index in [-0.39, 0.29) is 40.1 Å². The fourth-order valence-electron chi connectivity index (χ4n) is 1.31. The second-order valence-corrected chi connectivity index (χ2v) is 2.74. The van der Waals surface area contributed by atoms with Crippen LogP contribution in [0.2, 0.25) is 0 Å². The SMILES string of the molecule is CC.CC1CCCCC1.[CH3-].[Y]. The molecule has 0 saturated heterocycles. The van der Waals surface area contributed by atoms with E-state index in [9.17, 15) is 0 Å². The zero-order chi connectivity index (χ0) is 7.11. The van der Waals surface area contributed by atoms with Crippen LogP contribution in [0.15, 0.2) is 0 Å². The van der Waals surface area contributed by atoms with Gasteiger partial charge in [0.1, 0.15) is 0 Å². The summed E-state index contributed by atoms with van der Waals surface area (Å²) in [6.07, 6.45) is 7.44. The van der Waals surface area contributed by atoms with Gasteiger partial charge in [-0.1, -0.05) is 52.9 Å². The van der Waals surface area contributed by atoms with Crippen molar-refractivity contribution in [2.24, 2.45) is 5.92 Å². The molecule has 1 saturated carbocycles. The van der Waals surface area contributed by atoms with Gasteiger partial charge >= 0.3 is 0 Å². The normalized spacial score (nSPS) is 16.6. The molecule has 11 heavy (non-hydrogen) atoms. The summed E-state index contributed by atoms with van der Waals surface area (Å²) in [5.74, 6) is 1.04. The van der Waals surface area contributed by atoms with Crippen LogP contribution in [0, 0.1) is 13.3 Å². The van der Waals surface area contributed by atoms with Crippen molar-refractivity contribution in [3.05, 3.63) is 7.43 Å². The van der Waals surface area contributed by atoms with E-state index in [0.29, 0.717) is 0 Å². The summed E-state index contributed by atoms with van der Waals surface area (Å²) in [6, 6.07) is 0. The number of hydrogen-bond acceptors (Lipinski definition) is 0. The van der Waals surface area contributed by atoms with E-state index in [1.807, 2.05) is 13.8 Å². The Kier molecular flexibility index (Phi) is 22.4. The summed E-state index contributed by atoms with van der Waals surface area (Å²) in [5.41, 5.74) is 0. The van der Waals surface area contributed by atoms with Crippen molar-refractivity contribution in [3.63, 3.8) is 0 Å². The van der Waals surface area contributed by atoms with Gasteiger partial charge in [-0.15, -0.1) is 0 Å². The molecule has 0 heterocycles. The van der Waals surface area contributed by atoms with Crippen molar-refractivity contribution >= 4 is 0 Å². The molecule has 1 aliphatic carbocycles. The van der Waals surface area contributed by atoms with Gasteiger partial charge in [0.15, 0.2) is 0 Å². The average Bonchev–Trinajstić information content (AvgIpc) is 1.94. The molecule has 0 bridgehead atoms. The van der Waals surface area contributed by atoms with Crippen LogP contribution < -0.4 is 0 Å². The fourth-order valence-corrected chi connectivity index (χ4v) is 1.31. The van der Waals surface area contributed by atoms with E-state index in [1.54, 1.807) is 0 Å². The van der Waals surface area contributed by atoms with Crippen LogP contribution in [0.25, 0.3) is 0 Å². The summed E-state index contributed by atoms with van der Waals surface area (Å²) in [7, 11) is 0. The van der Waals surface area contributed by atoms with E-state index in [2.05, 4.69) is 6.92 Å². The molecule has 1 fully saturated rings. The molecule has 1 rings (SSSR count). The Bertz CT molecular complexity index is 46.8. The predicted molar refractivity (Wildman–Crippen MR) is 50.0 cm³/mol. The topological polar surface area (TPSA) is 0 Å². The molecule has 0 unspecified atom stereocenters. The van der Waals surface area contributed by atoms with Crippen molar-refractivity contribution in [2.75, 3.05) is 0 Å². The van der Waals surface area contributed by atoms with Crippen LogP contribution in [0.3, 0.4) is 0 Å². The molecule has 0 aromatic carbocycles. The molecular weight excluding hydrogens is 209 g/mol. The third-order valence-corrected chi connectivity index (χ3v) is 1.89. The molecule has 0 amide bonds. The summed E-state index contributed by atoms with van der Waals surface area (Å²) in [4.78, 5) is 0. The van der Waals surface area contributed by atoms with Gasteiger partial charge < -0.3 is 7.43 Å². The first-order valence-corrected chi connectivity index (χ1v) is 4.39. The second-order valence-electron chi connectivity index (χ2n) is 2.74. The predicted octanol–water partition coefficient (Wildman–Crippen LogP) is 4.06. The van der Waals surface area contributed by atoms with E-state index in [4.69, 9.17) is 0 Å². The fraction of sp³-hybridized carbons (Fsp3) is 0.900. The Morgan fingerprint density at radius 3 is 1.45 bits per heavy atom. The zero-order valence-electron chi connectivity index (χ0n) is 8.69. The summed E-state index contributed by atoms with van der Waals surface area (Å²) in [5, 5.41) is 0. The first kappa shape index (κ1) is 18.0. The molecule has 0 N–H and O–H groups in total. The smallest absolute Gasteiger partial charge is 0 e. The Morgan fingerprint density at radius 1 is 0.909 bits per heavy atom. The summed E-state index contributed by atoms with van der Waals surface area (Å²) in [6.45, 7) is 6.36. The van der Waals surface area contributed by atoms with Crippen LogP contribution in [0.5, 0.6) is 0 Å². The Morgan fingerprint density at radius 2 is 1.27 bits per heavy atom. The first-order chi connectivity index (χ1) is 4.39. The maximum atomic E-state index is 2.36. The van der Waals surface area contributed by atoms with Gasteiger partial charge in [0, 0.05) is 32.7 Å². The molecule has 1 heteroatoms. The largest absolute Gasteiger partial charge is 0.358 e. The van der Waals surface area contributed by atoms with Gasteiger partial charge in [-0.25, -0.2) is 0 Å². The van der Waals surface area contributed by atoms with Crippen LogP contribution in [0.1, 0.15) is 52.9 Å². The molecular formula is C10H23Y-. The Hall–Kier alpha value is 1.10. The molecule has 1 radical (unpaired) electrons. The van der Waals surface area contributed by atoms with Gasteiger partial charge in [-0.05, 0) is 5.92 Å². The van der Waals surface area contributed by atoms with Crippen molar-refractivity contribution in [3.8, 4) is 0 Å². The number of hydrogen-bond donors (Lipinski definition) is 0. The third kappa shape index (κ3) is 11.1. The molecule has 0 aliphatic heterocycles. The quantitative estimate of drug-likeness (QED) is 0.552. The molecule has 0 aromatic rings. The maximum absolute atomic E-state index is 2.36. The van der Waals surface area contributed by atoms with Crippen LogP contribution in [-0.2, 0) is 32.7 Å². The van der Waals surface area contributed by atoms with Crippen LogP contribution >= 0.6 is 0 Å². The minimum Gasteiger partial charge on any atom is -0.358 e. The maximum Gasteiger partial charge on any atom is 0 e. The minimum atomic E-state index is 0. The number of rotatable bonds is 0. The van der Waals surface area contributed by atoms with Crippen molar-refractivity contribution in [2.45, 2.75) is 52.9 Å².